The van der Waals surface area contributed by atoms with Crippen molar-refractivity contribution in [3.05, 3.63) is 89.7 Å². The molecule has 0 saturated heterocycles. The lowest BCUT2D eigenvalue weighted by atomic mass is 9.97. The van der Waals surface area contributed by atoms with Crippen molar-refractivity contribution < 1.29 is 32.4 Å². The minimum absolute atomic E-state index is 0.0557. The first-order valence-electron chi connectivity index (χ1n) is 9.47. The SMILES string of the molecule is O=C(Nc1onc(-c2cccnc2)c1-c1ccccc1C(=O)O)c1ccc(C(F)(F)F)cc1. The molecule has 1 amide bonds. The number of pyridine rings is 1. The quantitative estimate of drug-likeness (QED) is 0.421. The van der Waals surface area contributed by atoms with E-state index in [0.717, 1.165) is 24.3 Å². The van der Waals surface area contributed by atoms with Gasteiger partial charge in [0, 0.05) is 29.1 Å². The van der Waals surface area contributed by atoms with Gasteiger partial charge in [0.05, 0.1) is 16.7 Å². The van der Waals surface area contributed by atoms with Crippen LogP contribution in [0.1, 0.15) is 26.3 Å². The first-order chi connectivity index (χ1) is 15.8. The lowest BCUT2D eigenvalue weighted by molar-refractivity contribution is -0.137. The number of hydrogen-bond donors (Lipinski definition) is 2. The first kappa shape index (κ1) is 21.8. The third kappa shape index (κ3) is 4.45. The van der Waals surface area contributed by atoms with Crippen molar-refractivity contribution in [2.75, 3.05) is 5.32 Å². The largest absolute Gasteiger partial charge is 0.478 e. The van der Waals surface area contributed by atoms with Crippen molar-refractivity contribution in [2.45, 2.75) is 6.18 Å². The van der Waals surface area contributed by atoms with E-state index in [-0.39, 0.29) is 33.8 Å². The van der Waals surface area contributed by atoms with E-state index in [4.69, 9.17) is 4.52 Å². The van der Waals surface area contributed by atoms with Crippen LogP contribution in [-0.4, -0.2) is 27.1 Å². The molecule has 4 rings (SSSR count). The number of carboxylic acid groups (broad SMARTS) is 1. The average molecular weight is 453 g/mol. The highest BCUT2D eigenvalue weighted by molar-refractivity contribution is 6.08. The molecule has 4 aromatic rings. The van der Waals surface area contributed by atoms with E-state index >= 15 is 0 Å². The maximum absolute atomic E-state index is 12.8. The molecule has 0 spiro atoms. The Morgan fingerprint density at radius 1 is 0.970 bits per heavy atom. The van der Waals surface area contributed by atoms with Crippen LogP contribution in [0.25, 0.3) is 22.4 Å². The van der Waals surface area contributed by atoms with Crippen molar-refractivity contribution in [3.63, 3.8) is 0 Å². The molecule has 2 aromatic heterocycles. The van der Waals surface area contributed by atoms with E-state index in [9.17, 15) is 27.9 Å². The minimum atomic E-state index is -4.54. The van der Waals surface area contributed by atoms with Crippen molar-refractivity contribution in [1.29, 1.82) is 0 Å². The third-order valence-corrected chi connectivity index (χ3v) is 4.76. The van der Waals surface area contributed by atoms with E-state index in [1.54, 1.807) is 30.5 Å². The van der Waals surface area contributed by atoms with Gasteiger partial charge in [0.25, 0.3) is 5.91 Å². The van der Waals surface area contributed by atoms with Gasteiger partial charge >= 0.3 is 12.1 Å². The number of aromatic carboxylic acids is 1. The molecule has 33 heavy (non-hydrogen) atoms. The molecule has 0 aliphatic heterocycles. The fourth-order valence-corrected chi connectivity index (χ4v) is 3.20. The summed E-state index contributed by atoms with van der Waals surface area (Å²) in [5.41, 5.74) is 0.157. The maximum Gasteiger partial charge on any atom is 0.416 e. The van der Waals surface area contributed by atoms with Crippen molar-refractivity contribution in [1.82, 2.24) is 10.1 Å². The van der Waals surface area contributed by atoms with Crippen molar-refractivity contribution in [2.24, 2.45) is 0 Å². The Balaban J connectivity index is 1.78. The summed E-state index contributed by atoms with van der Waals surface area (Å²) in [6, 6.07) is 13.0. The van der Waals surface area contributed by atoms with Crippen LogP contribution in [0, 0.1) is 0 Å². The van der Waals surface area contributed by atoms with Gasteiger partial charge in [-0.05, 0) is 42.5 Å². The Bertz CT molecular complexity index is 1320. The Morgan fingerprint density at radius 2 is 1.70 bits per heavy atom. The number of carboxylic acids is 1. The summed E-state index contributed by atoms with van der Waals surface area (Å²) in [5.74, 6) is -2.12. The number of benzene rings is 2. The molecule has 0 atom stereocenters. The summed E-state index contributed by atoms with van der Waals surface area (Å²) in [5, 5.41) is 16.1. The molecule has 0 radical (unpaired) electrons. The van der Waals surface area contributed by atoms with Gasteiger partial charge in [-0.1, -0.05) is 23.4 Å². The fraction of sp³-hybridized carbons (Fsp3) is 0.0435. The highest BCUT2D eigenvalue weighted by Crippen LogP contribution is 2.39. The smallest absolute Gasteiger partial charge is 0.416 e. The van der Waals surface area contributed by atoms with E-state index in [1.165, 1.54) is 18.3 Å². The molecule has 166 valence electrons. The fourth-order valence-electron chi connectivity index (χ4n) is 3.20. The highest BCUT2D eigenvalue weighted by atomic mass is 19.4. The predicted molar refractivity (Wildman–Crippen MR) is 112 cm³/mol. The molecule has 0 aliphatic carbocycles. The third-order valence-electron chi connectivity index (χ3n) is 4.76. The second-order valence-electron chi connectivity index (χ2n) is 6.86. The molecule has 7 nitrogen and oxygen atoms in total. The summed E-state index contributed by atoms with van der Waals surface area (Å²) in [4.78, 5) is 28.5. The minimum Gasteiger partial charge on any atom is -0.478 e. The number of nitrogens with one attached hydrogen (secondary N) is 1. The van der Waals surface area contributed by atoms with Crippen LogP contribution in [-0.2, 0) is 6.18 Å². The number of aromatic nitrogens is 2. The van der Waals surface area contributed by atoms with Crippen molar-refractivity contribution in [3.8, 4) is 22.4 Å². The van der Waals surface area contributed by atoms with Crippen molar-refractivity contribution >= 4 is 17.8 Å². The molecule has 0 bridgehead atoms. The number of carbonyl (C=O) groups is 2. The Labute approximate surface area is 184 Å². The van der Waals surface area contributed by atoms with Crippen LogP contribution in [0.5, 0.6) is 0 Å². The normalized spacial score (nSPS) is 11.2. The number of rotatable bonds is 5. The standard InChI is InChI=1S/C23H14F3N3O4/c24-23(25,26)15-9-7-13(8-10-15)20(30)28-21-18(16-5-1-2-6-17(16)22(31)32)19(29-33-21)14-4-3-11-27-12-14/h1-12H,(H,28,30)(H,31,32). The zero-order valence-electron chi connectivity index (χ0n) is 16.6. The van der Waals surface area contributed by atoms with Crippen LogP contribution in [0.2, 0.25) is 0 Å². The molecule has 0 saturated carbocycles. The monoisotopic (exact) mass is 453 g/mol. The van der Waals surface area contributed by atoms with Gasteiger partial charge in [0.15, 0.2) is 0 Å². The van der Waals surface area contributed by atoms with Gasteiger partial charge in [0.2, 0.25) is 5.88 Å². The van der Waals surface area contributed by atoms with Gasteiger partial charge in [0.1, 0.15) is 5.69 Å². The maximum atomic E-state index is 12.8. The first-order valence-corrected chi connectivity index (χ1v) is 9.47. The second-order valence-corrected chi connectivity index (χ2v) is 6.86. The number of alkyl halides is 3. The van der Waals surface area contributed by atoms with E-state index in [2.05, 4.69) is 15.5 Å². The van der Waals surface area contributed by atoms with Gasteiger partial charge < -0.3 is 9.63 Å². The van der Waals surface area contributed by atoms with Crippen LogP contribution in [0.4, 0.5) is 19.1 Å². The van der Waals surface area contributed by atoms with Gasteiger partial charge in [-0.25, -0.2) is 4.79 Å². The summed E-state index contributed by atoms with van der Waals surface area (Å²) in [6.07, 6.45) is -1.50. The molecule has 10 heteroatoms. The lowest BCUT2D eigenvalue weighted by Crippen LogP contribution is -2.13. The Morgan fingerprint density at radius 3 is 2.33 bits per heavy atom. The highest BCUT2D eigenvalue weighted by Gasteiger charge is 2.30. The summed E-state index contributed by atoms with van der Waals surface area (Å²) >= 11 is 0. The van der Waals surface area contributed by atoms with Crippen LogP contribution in [0.3, 0.4) is 0 Å². The topological polar surface area (TPSA) is 105 Å². The number of nitrogens with zero attached hydrogens (tertiary/aromatic N) is 2. The van der Waals surface area contributed by atoms with Gasteiger partial charge in [-0.15, -0.1) is 0 Å². The molecule has 0 unspecified atom stereocenters. The molecule has 0 fully saturated rings. The van der Waals surface area contributed by atoms with Gasteiger partial charge in [-0.2, -0.15) is 13.2 Å². The lowest BCUT2D eigenvalue weighted by Gasteiger charge is -2.10. The van der Waals surface area contributed by atoms with E-state index in [1.807, 2.05) is 0 Å². The van der Waals surface area contributed by atoms with Gasteiger partial charge in [-0.3, -0.25) is 15.1 Å². The zero-order chi connectivity index (χ0) is 23.6. The molecule has 2 N–H and O–H groups in total. The molecular weight excluding hydrogens is 439 g/mol. The van der Waals surface area contributed by atoms with E-state index < -0.39 is 23.6 Å². The molecule has 0 aliphatic rings. The second kappa shape index (κ2) is 8.58. The Hall–Kier alpha value is -4.47. The summed E-state index contributed by atoms with van der Waals surface area (Å²) < 4.78 is 43.7. The van der Waals surface area contributed by atoms with Crippen LogP contribution in [0.15, 0.2) is 77.6 Å². The average Bonchev–Trinajstić information content (AvgIpc) is 3.22. The number of carbonyl (C=O) groups excluding carboxylic acids is 1. The summed E-state index contributed by atoms with van der Waals surface area (Å²) in [6.45, 7) is 0. The zero-order valence-corrected chi connectivity index (χ0v) is 16.6. The molecule has 2 aromatic carbocycles. The number of halogens is 3. The number of amides is 1. The number of anilines is 1. The number of hydrogen-bond acceptors (Lipinski definition) is 5. The Kier molecular flexibility index (Phi) is 5.65. The molecular formula is C23H14F3N3O4. The van der Waals surface area contributed by atoms with E-state index in [0.29, 0.717) is 5.56 Å². The molecule has 2 heterocycles. The van der Waals surface area contributed by atoms with Crippen LogP contribution >= 0.6 is 0 Å². The summed E-state index contributed by atoms with van der Waals surface area (Å²) in [7, 11) is 0. The predicted octanol–water partition coefficient (Wildman–Crippen LogP) is 5.37. The van der Waals surface area contributed by atoms with Crippen LogP contribution < -0.4 is 5.32 Å².